The molecule has 10 heteroatoms. The molecule has 2 aromatic rings. The lowest BCUT2D eigenvalue weighted by Crippen LogP contribution is -2.48. The summed E-state index contributed by atoms with van der Waals surface area (Å²) in [6.07, 6.45) is 9.33. The molecule has 2 aliphatic carbocycles. The number of hydrogen-bond acceptors (Lipinski definition) is 6. The number of halogens is 2. The summed E-state index contributed by atoms with van der Waals surface area (Å²) < 4.78 is 29.7. The van der Waals surface area contributed by atoms with Crippen LogP contribution in [0.25, 0.3) is 0 Å². The van der Waals surface area contributed by atoms with Gasteiger partial charge in [0.2, 0.25) is 11.9 Å². The number of fused-ring (bicyclic) bond motifs is 1. The number of aromatic nitrogens is 4. The van der Waals surface area contributed by atoms with Gasteiger partial charge in [0.15, 0.2) is 5.82 Å². The van der Waals surface area contributed by atoms with Crippen LogP contribution in [0, 0.1) is 0 Å². The van der Waals surface area contributed by atoms with Crippen molar-refractivity contribution in [2.75, 3.05) is 29.9 Å². The third kappa shape index (κ3) is 4.25. The van der Waals surface area contributed by atoms with E-state index in [0.29, 0.717) is 36.1 Å². The molecule has 0 bridgehead atoms. The number of piperidine rings is 1. The fourth-order valence-corrected chi connectivity index (χ4v) is 6.20. The number of hydrogen-bond donors (Lipinski definition) is 2. The second-order valence-electron chi connectivity index (χ2n) is 10.5. The lowest BCUT2D eigenvalue weighted by Gasteiger charge is -2.33. The van der Waals surface area contributed by atoms with Gasteiger partial charge in [-0.05, 0) is 51.4 Å². The Balaban J connectivity index is 1.30. The fraction of sp³-hybridized carbons (Fsp3) is 0.680. The van der Waals surface area contributed by atoms with Crippen LogP contribution in [0.5, 0.6) is 0 Å². The molecule has 4 heterocycles. The number of nitrogens with zero attached hydrogens (tertiary/aromatic N) is 5. The molecule has 2 saturated heterocycles. The molecular weight excluding hydrogens is 452 g/mol. The third-order valence-electron chi connectivity index (χ3n) is 8.13. The maximum atomic E-state index is 14.8. The molecule has 188 valence electrons. The third-order valence-corrected chi connectivity index (χ3v) is 8.13. The van der Waals surface area contributed by atoms with E-state index in [1.54, 1.807) is 0 Å². The highest BCUT2D eigenvalue weighted by Gasteiger charge is 2.45. The van der Waals surface area contributed by atoms with Gasteiger partial charge >= 0.3 is 0 Å². The molecule has 1 atom stereocenters. The van der Waals surface area contributed by atoms with Gasteiger partial charge in [0.25, 0.3) is 5.92 Å². The Hall–Kier alpha value is -2.78. The van der Waals surface area contributed by atoms with Crippen LogP contribution < -0.4 is 10.2 Å². The Morgan fingerprint density at radius 1 is 1.03 bits per heavy atom. The average Bonchev–Trinajstić information content (AvgIpc) is 3.66. The monoisotopic (exact) mass is 485 g/mol. The molecule has 3 fully saturated rings. The van der Waals surface area contributed by atoms with E-state index in [-0.39, 0.29) is 30.4 Å². The molecule has 2 aliphatic heterocycles. The summed E-state index contributed by atoms with van der Waals surface area (Å²) in [6, 6.07) is 1.57. The Kier molecular flexibility index (Phi) is 5.84. The van der Waals surface area contributed by atoms with E-state index in [0.717, 1.165) is 57.3 Å². The van der Waals surface area contributed by atoms with Crippen molar-refractivity contribution in [3.05, 3.63) is 23.0 Å². The van der Waals surface area contributed by atoms with Crippen molar-refractivity contribution in [1.82, 2.24) is 25.1 Å². The molecule has 1 amide bonds. The minimum atomic E-state index is -3.00. The van der Waals surface area contributed by atoms with Gasteiger partial charge in [-0.25, -0.2) is 4.98 Å². The molecule has 2 N–H and O–H groups in total. The molecule has 0 aromatic carbocycles. The van der Waals surface area contributed by atoms with E-state index in [4.69, 9.17) is 4.98 Å². The molecule has 4 aliphatic rings. The Bertz CT molecular complexity index is 1090. The Labute approximate surface area is 203 Å². The SMILES string of the molecule is O=C([C@H]1CCCN1c1nc(Nc2cc(C3CCCC3)[nH]n2)c2c(n1)C(F)(F)CC2)N1CCCCC1. The summed E-state index contributed by atoms with van der Waals surface area (Å²) in [5.74, 6) is -1.29. The molecule has 35 heavy (non-hydrogen) atoms. The summed E-state index contributed by atoms with van der Waals surface area (Å²) in [7, 11) is 0. The molecule has 0 radical (unpaired) electrons. The van der Waals surface area contributed by atoms with E-state index < -0.39 is 12.0 Å². The van der Waals surface area contributed by atoms with Crippen molar-refractivity contribution in [1.29, 1.82) is 0 Å². The van der Waals surface area contributed by atoms with E-state index in [9.17, 15) is 13.6 Å². The van der Waals surface area contributed by atoms with Gasteiger partial charge in [0.1, 0.15) is 17.6 Å². The number of anilines is 3. The van der Waals surface area contributed by atoms with Crippen LogP contribution in [0.4, 0.5) is 26.4 Å². The average molecular weight is 486 g/mol. The summed E-state index contributed by atoms with van der Waals surface area (Å²) in [5, 5.41) is 10.7. The van der Waals surface area contributed by atoms with Gasteiger partial charge in [-0.1, -0.05) is 12.8 Å². The number of H-pyrrole nitrogens is 1. The zero-order chi connectivity index (χ0) is 24.0. The van der Waals surface area contributed by atoms with Crippen LogP contribution in [0.3, 0.4) is 0 Å². The normalized spacial score (nSPS) is 24.2. The van der Waals surface area contributed by atoms with Gasteiger partial charge in [-0.3, -0.25) is 9.89 Å². The molecule has 8 nitrogen and oxygen atoms in total. The predicted octanol–water partition coefficient (Wildman–Crippen LogP) is 4.62. The maximum Gasteiger partial charge on any atom is 0.290 e. The zero-order valence-electron chi connectivity index (χ0n) is 20.0. The van der Waals surface area contributed by atoms with E-state index in [1.807, 2.05) is 15.9 Å². The first-order valence-electron chi connectivity index (χ1n) is 13.2. The lowest BCUT2D eigenvalue weighted by atomic mass is 10.0. The number of rotatable bonds is 5. The highest BCUT2D eigenvalue weighted by atomic mass is 19.3. The van der Waals surface area contributed by atoms with Gasteiger partial charge in [0, 0.05) is 49.3 Å². The van der Waals surface area contributed by atoms with Gasteiger partial charge in [0.05, 0.1) is 0 Å². The molecule has 2 aromatic heterocycles. The van der Waals surface area contributed by atoms with Crippen molar-refractivity contribution >= 4 is 23.5 Å². The number of carbonyl (C=O) groups is 1. The first-order chi connectivity index (χ1) is 17.0. The number of likely N-dealkylation sites (tertiary alicyclic amines) is 1. The largest absolute Gasteiger partial charge is 0.341 e. The molecule has 0 spiro atoms. The summed E-state index contributed by atoms with van der Waals surface area (Å²) in [5.41, 5.74) is 1.31. The summed E-state index contributed by atoms with van der Waals surface area (Å²) in [6.45, 7) is 2.12. The lowest BCUT2D eigenvalue weighted by molar-refractivity contribution is -0.133. The van der Waals surface area contributed by atoms with Crippen LogP contribution in [-0.4, -0.2) is 56.6 Å². The topological polar surface area (TPSA) is 90.0 Å². The summed E-state index contributed by atoms with van der Waals surface area (Å²) >= 11 is 0. The molecule has 0 unspecified atom stereocenters. The molecule has 1 saturated carbocycles. The van der Waals surface area contributed by atoms with Crippen LogP contribution in [0.15, 0.2) is 6.07 Å². The first kappa shape index (κ1) is 22.7. The Morgan fingerprint density at radius 2 is 1.83 bits per heavy atom. The van der Waals surface area contributed by atoms with E-state index >= 15 is 0 Å². The second kappa shape index (κ2) is 9.02. The highest BCUT2D eigenvalue weighted by molar-refractivity contribution is 5.85. The minimum absolute atomic E-state index is 0.0704. The van der Waals surface area contributed by atoms with Crippen LogP contribution in [0.1, 0.15) is 87.1 Å². The number of amides is 1. The predicted molar refractivity (Wildman–Crippen MR) is 128 cm³/mol. The quantitative estimate of drug-likeness (QED) is 0.642. The van der Waals surface area contributed by atoms with Crippen LogP contribution in [0.2, 0.25) is 0 Å². The van der Waals surface area contributed by atoms with Crippen LogP contribution >= 0.6 is 0 Å². The van der Waals surface area contributed by atoms with Gasteiger partial charge < -0.3 is 15.1 Å². The van der Waals surface area contributed by atoms with Crippen molar-refractivity contribution < 1.29 is 13.6 Å². The van der Waals surface area contributed by atoms with Gasteiger partial charge in [-0.15, -0.1) is 0 Å². The second-order valence-corrected chi connectivity index (χ2v) is 10.5. The standard InChI is InChI=1S/C25H33F2N7O/c26-25(27)11-10-17-21(25)29-24(34-14-6-9-19(34)23(35)33-12-4-1-5-13-33)30-22(17)28-20-15-18(31-32-20)16-7-2-3-8-16/h15-16,19H,1-14H2,(H2,28,29,30,31,32)/t19-/m1/s1. The maximum absolute atomic E-state index is 14.8. The number of nitrogens with one attached hydrogen (secondary N) is 2. The van der Waals surface area contributed by atoms with Crippen molar-refractivity contribution in [3.63, 3.8) is 0 Å². The number of aromatic amines is 1. The van der Waals surface area contributed by atoms with E-state index in [1.165, 1.54) is 12.8 Å². The minimum Gasteiger partial charge on any atom is -0.341 e. The summed E-state index contributed by atoms with van der Waals surface area (Å²) in [4.78, 5) is 26.1. The van der Waals surface area contributed by atoms with Crippen molar-refractivity contribution in [2.45, 2.75) is 88.5 Å². The zero-order valence-corrected chi connectivity index (χ0v) is 20.0. The van der Waals surface area contributed by atoms with E-state index in [2.05, 4.69) is 20.5 Å². The fourth-order valence-electron chi connectivity index (χ4n) is 6.20. The van der Waals surface area contributed by atoms with Gasteiger partial charge in [-0.2, -0.15) is 18.9 Å². The van der Waals surface area contributed by atoms with Crippen molar-refractivity contribution in [2.24, 2.45) is 0 Å². The molecule has 6 rings (SSSR count). The van der Waals surface area contributed by atoms with Crippen molar-refractivity contribution in [3.8, 4) is 0 Å². The smallest absolute Gasteiger partial charge is 0.290 e. The number of carbonyl (C=O) groups excluding carboxylic acids is 1. The first-order valence-corrected chi connectivity index (χ1v) is 13.2. The Morgan fingerprint density at radius 3 is 2.63 bits per heavy atom. The molecular formula is C25H33F2N7O. The highest BCUT2D eigenvalue weighted by Crippen LogP contribution is 2.44. The number of alkyl halides is 2. The van der Waals surface area contributed by atoms with Crippen LogP contribution in [-0.2, 0) is 17.1 Å².